The molecule has 24 heavy (non-hydrogen) atoms. The number of rotatable bonds is 5. The number of aryl methyl sites for hydroxylation is 1. The van der Waals surface area contributed by atoms with Crippen molar-refractivity contribution in [3.63, 3.8) is 0 Å². The molecule has 1 heterocycles. The number of hydrogen-bond donors (Lipinski definition) is 1. The molecule has 4 nitrogen and oxygen atoms in total. The van der Waals surface area contributed by atoms with Crippen molar-refractivity contribution in [2.24, 2.45) is 5.92 Å². The van der Waals surface area contributed by atoms with Gasteiger partial charge in [0.1, 0.15) is 5.15 Å². The summed E-state index contributed by atoms with van der Waals surface area (Å²) < 4.78 is 27.7. The molecule has 1 aromatic heterocycles. The van der Waals surface area contributed by atoms with Gasteiger partial charge in [0, 0.05) is 29.9 Å². The van der Waals surface area contributed by atoms with Crippen molar-refractivity contribution in [2.75, 3.05) is 5.32 Å². The van der Waals surface area contributed by atoms with E-state index in [1.54, 1.807) is 17.7 Å². The van der Waals surface area contributed by atoms with Crippen LogP contribution in [0.1, 0.15) is 25.1 Å². The molecule has 0 aliphatic heterocycles. The normalized spacial score (nSPS) is 11.5. The summed E-state index contributed by atoms with van der Waals surface area (Å²) in [6.45, 7) is 6.58. The van der Waals surface area contributed by atoms with Crippen molar-refractivity contribution in [3.8, 4) is 0 Å². The van der Waals surface area contributed by atoms with Crippen molar-refractivity contribution in [3.05, 3.63) is 52.3 Å². The van der Waals surface area contributed by atoms with Crippen molar-refractivity contribution in [1.29, 1.82) is 0 Å². The molecule has 0 aliphatic rings. The van der Waals surface area contributed by atoms with Gasteiger partial charge in [0.25, 0.3) is 0 Å². The molecule has 0 saturated heterocycles. The van der Waals surface area contributed by atoms with Gasteiger partial charge in [-0.05, 0) is 31.1 Å². The van der Waals surface area contributed by atoms with Gasteiger partial charge in [-0.15, -0.1) is 0 Å². The minimum atomic E-state index is -1.02. The SMILES string of the molecule is Cc1nn(CC(C)C)c(Cl)c1/C=C/C(=O)Nc1ccc(F)c(F)c1. The molecule has 0 atom stereocenters. The predicted octanol–water partition coefficient (Wildman–Crippen LogP) is 4.43. The fourth-order valence-electron chi connectivity index (χ4n) is 2.14. The summed E-state index contributed by atoms with van der Waals surface area (Å²) in [6.07, 6.45) is 2.83. The molecule has 0 radical (unpaired) electrons. The second kappa shape index (κ2) is 7.57. The van der Waals surface area contributed by atoms with Crippen molar-refractivity contribution >= 4 is 29.3 Å². The Bertz CT molecular complexity index is 784. The molecule has 0 unspecified atom stereocenters. The Morgan fingerprint density at radius 3 is 2.71 bits per heavy atom. The number of anilines is 1. The lowest BCUT2D eigenvalue weighted by Crippen LogP contribution is -2.08. The first-order chi connectivity index (χ1) is 11.3. The van der Waals surface area contributed by atoms with Crippen LogP contribution in [0.15, 0.2) is 24.3 Å². The number of carbonyl (C=O) groups is 1. The second-order valence-corrected chi connectivity index (χ2v) is 6.18. The van der Waals surface area contributed by atoms with Crippen molar-refractivity contribution in [2.45, 2.75) is 27.3 Å². The minimum absolute atomic E-state index is 0.168. The molecule has 1 aromatic carbocycles. The highest BCUT2D eigenvalue weighted by molar-refractivity contribution is 6.31. The Labute approximate surface area is 144 Å². The molecule has 7 heteroatoms. The number of benzene rings is 1. The molecule has 0 fully saturated rings. The summed E-state index contributed by atoms with van der Waals surface area (Å²) in [4.78, 5) is 11.9. The molecule has 0 aliphatic carbocycles. The summed E-state index contributed by atoms with van der Waals surface area (Å²) in [5, 5.41) is 7.26. The lowest BCUT2D eigenvalue weighted by molar-refractivity contribution is -0.111. The zero-order chi connectivity index (χ0) is 17.9. The molecule has 2 aromatic rings. The largest absolute Gasteiger partial charge is 0.322 e. The average Bonchev–Trinajstić information content (AvgIpc) is 2.74. The van der Waals surface area contributed by atoms with Gasteiger partial charge in [0.05, 0.1) is 5.69 Å². The van der Waals surface area contributed by atoms with Gasteiger partial charge >= 0.3 is 0 Å². The molecule has 2 rings (SSSR count). The third-order valence-electron chi connectivity index (χ3n) is 3.24. The first-order valence-electron chi connectivity index (χ1n) is 7.45. The van der Waals surface area contributed by atoms with E-state index < -0.39 is 17.5 Å². The first kappa shape index (κ1) is 18.1. The van der Waals surface area contributed by atoms with E-state index in [2.05, 4.69) is 24.3 Å². The Hall–Kier alpha value is -2.21. The zero-order valence-corrected chi connectivity index (χ0v) is 14.4. The van der Waals surface area contributed by atoms with Gasteiger partial charge in [-0.2, -0.15) is 5.10 Å². The van der Waals surface area contributed by atoms with E-state index in [0.717, 1.165) is 12.1 Å². The molecule has 0 spiro atoms. The van der Waals surface area contributed by atoms with Gasteiger partial charge in [0.2, 0.25) is 5.91 Å². The van der Waals surface area contributed by atoms with Crippen LogP contribution in [0.5, 0.6) is 0 Å². The summed E-state index contributed by atoms with van der Waals surface area (Å²) in [6, 6.07) is 3.15. The third kappa shape index (κ3) is 4.41. The van der Waals surface area contributed by atoms with Crippen molar-refractivity contribution < 1.29 is 13.6 Å². The molecule has 1 amide bonds. The van der Waals surface area contributed by atoms with Crippen LogP contribution in [0.4, 0.5) is 14.5 Å². The number of hydrogen-bond acceptors (Lipinski definition) is 2. The van der Waals surface area contributed by atoms with E-state index >= 15 is 0 Å². The lowest BCUT2D eigenvalue weighted by atomic mass is 10.2. The molecule has 0 bridgehead atoms. The fraction of sp³-hybridized carbons (Fsp3) is 0.294. The number of nitrogens with one attached hydrogen (secondary N) is 1. The van der Waals surface area contributed by atoms with Gasteiger partial charge in [-0.25, -0.2) is 8.78 Å². The highest BCUT2D eigenvalue weighted by Gasteiger charge is 2.12. The van der Waals surface area contributed by atoms with Crippen LogP contribution in [0.3, 0.4) is 0 Å². The fourth-order valence-corrected chi connectivity index (χ4v) is 2.45. The Balaban J connectivity index is 2.11. The number of halogens is 3. The topological polar surface area (TPSA) is 46.9 Å². The quantitative estimate of drug-likeness (QED) is 0.808. The Morgan fingerprint density at radius 1 is 1.38 bits per heavy atom. The number of carbonyl (C=O) groups excluding carboxylic acids is 1. The Morgan fingerprint density at radius 2 is 2.08 bits per heavy atom. The molecule has 1 N–H and O–H groups in total. The van der Waals surface area contributed by atoms with Crippen LogP contribution in [-0.2, 0) is 11.3 Å². The minimum Gasteiger partial charge on any atom is -0.322 e. The number of nitrogens with zero attached hydrogens (tertiary/aromatic N) is 2. The van der Waals surface area contributed by atoms with Crippen LogP contribution in [-0.4, -0.2) is 15.7 Å². The first-order valence-corrected chi connectivity index (χ1v) is 7.82. The van der Waals surface area contributed by atoms with Crippen LogP contribution < -0.4 is 5.32 Å². The third-order valence-corrected chi connectivity index (χ3v) is 3.63. The monoisotopic (exact) mass is 353 g/mol. The van der Waals surface area contributed by atoms with Gasteiger partial charge < -0.3 is 5.32 Å². The highest BCUT2D eigenvalue weighted by Crippen LogP contribution is 2.22. The average molecular weight is 354 g/mol. The molecular formula is C17H18ClF2N3O. The maximum Gasteiger partial charge on any atom is 0.248 e. The summed E-state index contributed by atoms with van der Waals surface area (Å²) >= 11 is 6.28. The Kier molecular flexibility index (Phi) is 5.72. The smallest absolute Gasteiger partial charge is 0.248 e. The number of amides is 1. The summed E-state index contributed by atoms with van der Waals surface area (Å²) in [5.74, 6) is -2.09. The molecular weight excluding hydrogens is 336 g/mol. The van der Waals surface area contributed by atoms with Crippen LogP contribution in [0.25, 0.3) is 6.08 Å². The van der Waals surface area contributed by atoms with Crippen LogP contribution in [0.2, 0.25) is 5.15 Å². The number of aromatic nitrogens is 2. The van der Waals surface area contributed by atoms with Crippen molar-refractivity contribution in [1.82, 2.24) is 9.78 Å². The van der Waals surface area contributed by atoms with E-state index in [0.29, 0.717) is 28.9 Å². The van der Waals surface area contributed by atoms with Gasteiger partial charge in [0.15, 0.2) is 11.6 Å². The second-order valence-electron chi connectivity index (χ2n) is 5.82. The van der Waals surface area contributed by atoms with Gasteiger partial charge in [-0.1, -0.05) is 25.4 Å². The van der Waals surface area contributed by atoms with Crippen LogP contribution in [0, 0.1) is 24.5 Å². The molecule has 0 saturated carbocycles. The van der Waals surface area contributed by atoms with Gasteiger partial charge in [-0.3, -0.25) is 9.48 Å². The lowest BCUT2D eigenvalue weighted by Gasteiger charge is -2.05. The summed E-state index contributed by atoms with van der Waals surface area (Å²) in [5.41, 5.74) is 1.53. The highest BCUT2D eigenvalue weighted by atomic mass is 35.5. The zero-order valence-electron chi connectivity index (χ0n) is 13.6. The maximum absolute atomic E-state index is 13.1. The summed E-state index contributed by atoms with van der Waals surface area (Å²) in [7, 11) is 0. The van der Waals surface area contributed by atoms with E-state index in [9.17, 15) is 13.6 Å². The molecule has 128 valence electrons. The van der Waals surface area contributed by atoms with E-state index in [1.807, 2.05) is 0 Å². The van der Waals surface area contributed by atoms with Crippen LogP contribution >= 0.6 is 11.6 Å². The maximum atomic E-state index is 13.1. The van der Waals surface area contributed by atoms with E-state index in [4.69, 9.17) is 11.6 Å². The van der Waals surface area contributed by atoms with E-state index in [-0.39, 0.29) is 5.69 Å². The van der Waals surface area contributed by atoms with E-state index in [1.165, 1.54) is 12.1 Å². The standard InChI is InChI=1S/C17H18ClF2N3O/c1-10(2)9-23-17(18)13(11(3)22-23)5-7-16(24)21-12-4-6-14(19)15(20)8-12/h4-8,10H,9H2,1-3H3,(H,21,24)/b7-5+. The predicted molar refractivity (Wildman–Crippen MR) is 90.8 cm³/mol.